The Hall–Kier alpha value is -0.860. The van der Waals surface area contributed by atoms with E-state index in [0.29, 0.717) is 6.04 Å². The molecule has 1 aromatic rings. The molecule has 1 saturated heterocycles. The average Bonchev–Trinajstić information content (AvgIpc) is 3.27. The molecule has 0 spiro atoms. The third-order valence-electron chi connectivity index (χ3n) is 5.63. The molecule has 2 fully saturated rings. The largest absolute Gasteiger partial charge is 0.316 e. The van der Waals surface area contributed by atoms with Crippen LogP contribution in [-0.2, 0) is 6.42 Å². The molecule has 3 aliphatic rings. The summed E-state index contributed by atoms with van der Waals surface area (Å²) in [6.45, 7) is 6.01. The lowest BCUT2D eigenvalue weighted by atomic mass is 9.97. The maximum absolute atomic E-state index is 3.59. The van der Waals surface area contributed by atoms with Gasteiger partial charge in [0, 0.05) is 18.6 Å². The molecule has 1 N–H and O–H groups in total. The van der Waals surface area contributed by atoms with Crippen molar-refractivity contribution in [3.05, 3.63) is 34.9 Å². The molecule has 2 heteroatoms. The molecule has 21 heavy (non-hydrogen) atoms. The smallest absolute Gasteiger partial charge is 0.0357 e. The van der Waals surface area contributed by atoms with E-state index in [-0.39, 0.29) is 0 Å². The van der Waals surface area contributed by atoms with Crippen LogP contribution in [0.25, 0.3) is 0 Å². The molecular formula is C19H28N2. The number of rotatable bonds is 4. The monoisotopic (exact) mass is 284 g/mol. The molecule has 1 heterocycles. The number of hydrogen-bond donors (Lipinski definition) is 1. The standard InChI is InChI=1S/C19H28N2/c1-14-4-5-16-6-9-19(18(16)11-14)21(17-7-8-17)13-15-3-2-10-20-12-15/h4-5,11,15,17,19-20H,2-3,6-10,12-13H2,1H3. The van der Waals surface area contributed by atoms with Crippen molar-refractivity contribution in [1.82, 2.24) is 10.2 Å². The SMILES string of the molecule is Cc1ccc2c(c1)C(N(CC1CCCNC1)C1CC1)CC2. The molecule has 1 aliphatic heterocycles. The van der Waals surface area contributed by atoms with Crippen LogP contribution < -0.4 is 5.32 Å². The molecule has 0 bridgehead atoms. The van der Waals surface area contributed by atoms with Crippen molar-refractivity contribution in [3.63, 3.8) is 0 Å². The first-order valence-corrected chi connectivity index (χ1v) is 8.87. The second kappa shape index (κ2) is 5.73. The fraction of sp³-hybridized carbons (Fsp3) is 0.684. The first kappa shape index (κ1) is 13.8. The second-order valence-electron chi connectivity index (χ2n) is 7.40. The third kappa shape index (κ3) is 2.89. The Bertz CT molecular complexity index is 500. The Kier molecular flexibility index (Phi) is 3.76. The molecule has 1 saturated carbocycles. The summed E-state index contributed by atoms with van der Waals surface area (Å²) in [5.41, 5.74) is 4.68. The Labute approximate surface area is 128 Å². The van der Waals surface area contributed by atoms with Crippen LogP contribution in [0.3, 0.4) is 0 Å². The molecule has 2 atom stereocenters. The topological polar surface area (TPSA) is 15.3 Å². The fourth-order valence-electron chi connectivity index (χ4n) is 4.36. The molecule has 114 valence electrons. The van der Waals surface area contributed by atoms with Gasteiger partial charge < -0.3 is 5.32 Å². The normalized spacial score (nSPS) is 28.9. The predicted octanol–water partition coefficient (Wildman–Crippen LogP) is 3.45. The lowest BCUT2D eigenvalue weighted by molar-refractivity contribution is 0.144. The zero-order chi connectivity index (χ0) is 14.2. The van der Waals surface area contributed by atoms with Gasteiger partial charge in [0.15, 0.2) is 0 Å². The summed E-state index contributed by atoms with van der Waals surface area (Å²) in [6.07, 6.45) is 8.27. The summed E-state index contributed by atoms with van der Waals surface area (Å²) in [7, 11) is 0. The lowest BCUT2D eigenvalue weighted by Crippen LogP contribution is -2.40. The van der Waals surface area contributed by atoms with Crippen LogP contribution in [0.4, 0.5) is 0 Å². The summed E-state index contributed by atoms with van der Waals surface area (Å²) in [5.74, 6) is 0.869. The third-order valence-corrected chi connectivity index (χ3v) is 5.63. The number of piperidine rings is 1. The van der Waals surface area contributed by atoms with Crippen LogP contribution in [0.5, 0.6) is 0 Å². The first-order valence-electron chi connectivity index (χ1n) is 8.87. The first-order chi connectivity index (χ1) is 10.3. The maximum atomic E-state index is 3.59. The van der Waals surface area contributed by atoms with E-state index in [9.17, 15) is 0 Å². The van der Waals surface area contributed by atoms with E-state index >= 15 is 0 Å². The van der Waals surface area contributed by atoms with Gasteiger partial charge in [-0.1, -0.05) is 23.8 Å². The van der Waals surface area contributed by atoms with Crippen molar-refractivity contribution in [3.8, 4) is 0 Å². The molecule has 4 rings (SSSR count). The van der Waals surface area contributed by atoms with Gasteiger partial charge in [-0.15, -0.1) is 0 Å². The minimum absolute atomic E-state index is 0.703. The van der Waals surface area contributed by atoms with Crippen LogP contribution in [0.1, 0.15) is 54.8 Å². The van der Waals surface area contributed by atoms with Gasteiger partial charge in [-0.3, -0.25) is 4.90 Å². The highest BCUT2D eigenvalue weighted by atomic mass is 15.2. The number of nitrogens with zero attached hydrogens (tertiary/aromatic N) is 1. The zero-order valence-electron chi connectivity index (χ0n) is 13.3. The summed E-state index contributed by atoms with van der Waals surface area (Å²) in [4.78, 5) is 2.88. The van der Waals surface area contributed by atoms with Crippen LogP contribution in [0.2, 0.25) is 0 Å². The maximum Gasteiger partial charge on any atom is 0.0357 e. The predicted molar refractivity (Wildman–Crippen MR) is 87.6 cm³/mol. The highest BCUT2D eigenvalue weighted by Gasteiger charge is 2.38. The van der Waals surface area contributed by atoms with Crippen LogP contribution >= 0.6 is 0 Å². The van der Waals surface area contributed by atoms with E-state index in [4.69, 9.17) is 0 Å². The van der Waals surface area contributed by atoms with Crippen LogP contribution in [-0.4, -0.2) is 30.6 Å². The van der Waals surface area contributed by atoms with Gasteiger partial charge in [0.1, 0.15) is 0 Å². The summed E-state index contributed by atoms with van der Waals surface area (Å²) in [6, 6.07) is 8.70. The van der Waals surface area contributed by atoms with Gasteiger partial charge in [-0.25, -0.2) is 0 Å². The number of nitrogens with one attached hydrogen (secondary N) is 1. The fourth-order valence-corrected chi connectivity index (χ4v) is 4.36. The highest BCUT2D eigenvalue weighted by molar-refractivity contribution is 5.38. The van der Waals surface area contributed by atoms with E-state index in [1.807, 2.05) is 0 Å². The van der Waals surface area contributed by atoms with E-state index in [2.05, 4.69) is 35.3 Å². The van der Waals surface area contributed by atoms with Gasteiger partial charge >= 0.3 is 0 Å². The van der Waals surface area contributed by atoms with E-state index in [0.717, 1.165) is 12.0 Å². The minimum atomic E-state index is 0.703. The highest BCUT2D eigenvalue weighted by Crippen LogP contribution is 2.42. The molecule has 1 aromatic carbocycles. The molecule has 2 nitrogen and oxygen atoms in total. The van der Waals surface area contributed by atoms with E-state index in [1.165, 1.54) is 63.7 Å². The Morgan fingerprint density at radius 1 is 1.19 bits per heavy atom. The van der Waals surface area contributed by atoms with Gasteiger partial charge in [-0.05, 0) is 75.6 Å². The number of aryl methyl sites for hydroxylation is 2. The Morgan fingerprint density at radius 2 is 2.10 bits per heavy atom. The number of hydrogen-bond acceptors (Lipinski definition) is 2. The summed E-state index contributed by atoms with van der Waals surface area (Å²) >= 11 is 0. The Balaban J connectivity index is 1.54. The lowest BCUT2D eigenvalue weighted by Gasteiger charge is -2.35. The number of fused-ring (bicyclic) bond motifs is 1. The summed E-state index contributed by atoms with van der Waals surface area (Å²) in [5, 5.41) is 3.59. The number of benzene rings is 1. The van der Waals surface area contributed by atoms with Crippen molar-refractivity contribution < 1.29 is 0 Å². The van der Waals surface area contributed by atoms with Crippen molar-refractivity contribution in [2.45, 2.75) is 57.5 Å². The van der Waals surface area contributed by atoms with Crippen molar-refractivity contribution in [2.75, 3.05) is 19.6 Å². The van der Waals surface area contributed by atoms with Gasteiger partial charge in [0.25, 0.3) is 0 Å². The average molecular weight is 284 g/mol. The molecule has 0 aromatic heterocycles. The van der Waals surface area contributed by atoms with E-state index < -0.39 is 0 Å². The molecule has 2 unspecified atom stereocenters. The zero-order valence-corrected chi connectivity index (χ0v) is 13.3. The van der Waals surface area contributed by atoms with Gasteiger partial charge in [0.2, 0.25) is 0 Å². The van der Waals surface area contributed by atoms with E-state index in [1.54, 1.807) is 11.1 Å². The molecule has 0 radical (unpaired) electrons. The van der Waals surface area contributed by atoms with Crippen LogP contribution in [0, 0.1) is 12.8 Å². The second-order valence-corrected chi connectivity index (χ2v) is 7.40. The molecule has 2 aliphatic carbocycles. The van der Waals surface area contributed by atoms with Crippen molar-refractivity contribution in [2.24, 2.45) is 5.92 Å². The van der Waals surface area contributed by atoms with Crippen LogP contribution in [0.15, 0.2) is 18.2 Å². The Morgan fingerprint density at radius 3 is 2.86 bits per heavy atom. The van der Waals surface area contributed by atoms with Crippen molar-refractivity contribution in [1.29, 1.82) is 0 Å². The molecule has 0 amide bonds. The minimum Gasteiger partial charge on any atom is -0.316 e. The van der Waals surface area contributed by atoms with Crippen molar-refractivity contribution >= 4 is 0 Å². The molecular weight excluding hydrogens is 256 g/mol. The quantitative estimate of drug-likeness (QED) is 0.911. The van der Waals surface area contributed by atoms with Gasteiger partial charge in [-0.2, -0.15) is 0 Å². The van der Waals surface area contributed by atoms with Gasteiger partial charge in [0.05, 0.1) is 0 Å². The summed E-state index contributed by atoms with van der Waals surface area (Å²) < 4.78 is 0.